The summed E-state index contributed by atoms with van der Waals surface area (Å²) in [5.74, 6) is 2.49. The van der Waals surface area contributed by atoms with Crippen LogP contribution in [-0.2, 0) is 11.4 Å². The molecule has 3 aromatic carbocycles. The highest BCUT2D eigenvalue weighted by molar-refractivity contribution is 7.80. The first-order chi connectivity index (χ1) is 16.5. The van der Waals surface area contributed by atoms with Crippen LogP contribution in [0.15, 0.2) is 66.4 Å². The quantitative estimate of drug-likeness (QED) is 0.415. The van der Waals surface area contributed by atoms with Crippen LogP contribution in [0.5, 0.6) is 23.0 Å². The van der Waals surface area contributed by atoms with Crippen molar-refractivity contribution in [1.82, 2.24) is 5.32 Å². The van der Waals surface area contributed by atoms with Gasteiger partial charge in [-0.3, -0.25) is 9.69 Å². The van der Waals surface area contributed by atoms with E-state index in [1.54, 1.807) is 19.3 Å². The van der Waals surface area contributed by atoms with E-state index < -0.39 is 0 Å². The maximum atomic E-state index is 13.1. The average Bonchev–Trinajstić information content (AvgIpc) is 3.41. The molecule has 8 heteroatoms. The van der Waals surface area contributed by atoms with Crippen molar-refractivity contribution in [3.8, 4) is 23.0 Å². The summed E-state index contributed by atoms with van der Waals surface area (Å²) < 4.78 is 22.2. The van der Waals surface area contributed by atoms with E-state index in [1.807, 2.05) is 61.5 Å². The number of hydrogen-bond acceptors (Lipinski definition) is 6. The minimum Gasteiger partial charge on any atom is -0.496 e. The molecule has 1 fully saturated rings. The molecule has 2 aliphatic heterocycles. The molecule has 2 heterocycles. The van der Waals surface area contributed by atoms with Gasteiger partial charge in [0.1, 0.15) is 23.8 Å². The van der Waals surface area contributed by atoms with E-state index in [0.717, 1.165) is 22.4 Å². The third-order valence-electron chi connectivity index (χ3n) is 5.49. The highest BCUT2D eigenvalue weighted by Gasteiger charge is 2.32. The maximum Gasteiger partial charge on any atom is 0.281 e. The lowest BCUT2D eigenvalue weighted by Crippen LogP contribution is -2.30. The summed E-state index contributed by atoms with van der Waals surface area (Å²) in [6.07, 6.45) is 1.77. The number of amides is 1. The smallest absolute Gasteiger partial charge is 0.281 e. The van der Waals surface area contributed by atoms with E-state index in [9.17, 15) is 4.79 Å². The summed E-state index contributed by atoms with van der Waals surface area (Å²) in [6, 6.07) is 18.7. The van der Waals surface area contributed by atoms with Crippen molar-refractivity contribution in [2.75, 3.05) is 18.8 Å². The Hall–Kier alpha value is -4.04. The van der Waals surface area contributed by atoms with Crippen molar-refractivity contribution in [2.45, 2.75) is 13.5 Å². The molecule has 0 atom stereocenters. The summed E-state index contributed by atoms with van der Waals surface area (Å²) >= 11 is 5.43. The molecule has 5 rings (SSSR count). The summed E-state index contributed by atoms with van der Waals surface area (Å²) in [5.41, 5.74) is 3.83. The zero-order valence-electron chi connectivity index (χ0n) is 18.7. The Kier molecular flexibility index (Phi) is 5.81. The number of carbonyl (C=O) groups excluding carboxylic acids is 1. The molecule has 1 N–H and O–H groups in total. The number of aryl methyl sites for hydroxylation is 1. The summed E-state index contributed by atoms with van der Waals surface area (Å²) in [4.78, 5) is 14.6. The molecule has 0 aliphatic carbocycles. The van der Waals surface area contributed by atoms with E-state index in [1.165, 1.54) is 4.90 Å². The molecule has 34 heavy (non-hydrogen) atoms. The van der Waals surface area contributed by atoms with Gasteiger partial charge in [0.2, 0.25) is 6.79 Å². The van der Waals surface area contributed by atoms with E-state index in [4.69, 9.17) is 31.2 Å². The van der Waals surface area contributed by atoms with Gasteiger partial charge in [0.25, 0.3) is 5.91 Å². The average molecular weight is 475 g/mol. The lowest BCUT2D eigenvalue weighted by Gasteiger charge is -2.14. The van der Waals surface area contributed by atoms with Crippen molar-refractivity contribution in [3.05, 3.63) is 83.1 Å². The molecule has 0 spiro atoms. The highest BCUT2D eigenvalue weighted by atomic mass is 32.1. The Morgan fingerprint density at radius 2 is 1.94 bits per heavy atom. The van der Waals surface area contributed by atoms with Gasteiger partial charge in [0, 0.05) is 11.6 Å². The van der Waals surface area contributed by atoms with Gasteiger partial charge in [-0.1, -0.05) is 18.2 Å². The molecule has 1 saturated heterocycles. The minimum atomic E-state index is -0.204. The van der Waals surface area contributed by atoms with Crippen LogP contribution in [0.4, 0.5) is 5.69 Å². The molecule has 0 saturated carbocycles. The zero-order chi connectivity index (χ0) is 23.7. The second-order valence-corrected chi connectivity index (χ2v) is 8.23. The maximum absolute atomic E-state index is 13.1. The van der Waals surface area contributed by atoms with Gasteiger partial charge in [0.05, 0.1) is 12.8 Å². The predicted molar refractivity (Wildman–Crippen MR) is 132 cm³/mol. The minimum absolute atomic E-state index is 0.204. The Morgan fingerprint density at radius 3 is 2.76 bits per heavy atom. The van der Waals surface area contributed by atoms with Gasteiger partial charge >= 0.3 is 0 Å². The lowest BCUT2D eigenvalue weighted by atomic mass is 10.1. The van der Waals surface area contributed by atoms with Crippen molar-refractivity contribution in [2.24, 2.45) is 0 Å². The SMILES string of the molecule is COc1ccc(/C=C2/NC(=S)N(c3cccc(C)c3)C2=O)cc1COc1ccc2c(c1)OCO2. The van der Waals surface area contributed by atoms with Gasteiger partial charge < -0.3 is 24.3 Å². The molecule has 3 aromatic rings. The van der Waals surface area contributed by atoms with E-state index in [0.29, 0.717) is 33.8 Å². The van der Waals surface area contributed by atoms with Crippen molar-refractivity contribution in [3.63, 3.8) is 0 Å². The number of anilines is 1. The second kappa shape index (κ2) is 9.07. The Bertz CT molecular complexity index is 1320. The van der Waals surface area contributed by atoms with Crippen molar-refractivity contribution in [1.29, 1.82) is 0 Å². The number of carbonyl (C=O) groups is 1. The molecular formula is C26H22N2O5S. The first-order valence-electron chi connectivity index (χ1n) is 10.6. The number of ether oxygens (including phenoxy) is 4. The molecule has 172 valence electrons. The fourth-order valence-electron chi connectivity index (χ4n) is 3.83. The van der Waals surface area contributed by atoms with Crippen LogP contribution in [0.25, 0.3) is 6.08 Å². The number of methoxy groups -OCH3 is 1. The van der Waals surface area contributed by atoms with Crippen LogP contribution in [-0.4, -0.2) is 24.9 Å². The monoisotopic (exact) mass is 474 g/mol. The van der Waals surface area contributed by atoms with Gasteiger partial charge in [-0.15, -0.1) is 0 Å². The normalized spacial score (nSPS) is 15.6. The van der Waals surface area contributed by atoms with E-state index in [-0.39, 0.29) is 19.3 Å². The van der Waals surface area contributed by atoms with Crippen LogP contribution >= 0.6 is 12.2 Å². The fraction of sp³-hybridized carbons (Fsp3) is 0.154. The highest BCUT2D eigenvalue weighted by Crippen LogP contribution is 2.35. The van der Waals surface area contributed by atoms with E-state index >= 15 is 0 Å². The number of benzene rings is 3. The zero-order valence-corrected chi connectivity index (χ0v) is 19.5. The standard InChI is InChI=1S/C26H22N2O5S/c1-16-4-3-5-19(10-16)28-25(29)21(27-26(28)34)12-17-6-8-22(30-2)18(11-17)14-31-20-7-9-23-24(13-20)33-15-32-23/h3-13H,14-15H2,1-2H3,(H,27,34)/b21-12+. The first kappa shape index (κ1) is 21.8. The van der Waals surface area contributed by atoms with Gasteiger partial charge in [0.15, 0.2) is 16.6 Å². The van der Waals surface area contributed by atoms with E-state index in [2.05, 4.69) is 5.32 Å². The summed E-state index contributed by atoms with van der Waals surface area (Å²) in [5, 5.41) is 3.38. The van der Waals surface area contributed by atoms with Crippen LogP contribution in [0, 0.1) is 6.92 Å². The van der Waals surface area contributed by atoms with Crippen LogP contribution < -0.4 is 29.2 Å². The Balaban J connectivity index is 1.36. The largest absolute Gasteiger partial charge is 0.496 e. The molecule has 7 nitrogen and oxygen atoms in total. The van der Waals surface area contributed by atoms with Crippen molar-refractivity contribution >= 4 is 35.0 Å². The molecule has 0 bridgehead atoms. The third-order valence-corrected chi connectivity index (χ3v) is 5.78. The van der Waals surface area contributed by atoms with Crippen LogP contribution in [0.2, 0.25) is 0 Å². The van der Waals surface area contributed by atoms with Gasteiger partial charge in [-0.2, -0.15) is 0 Å². The molecular weight excluding hydrogens is 452 g/mol. The third kappa shape index (κ3) is 4.27. The topological polar surface area (TPSA) is 69.3 Å². The van der Waals surface area contributed by atoms with Gasteiger partial charge in [-0.05, 0) is 72.7 Å². The number of nitrogens with one attached hydrogen (secondary N) is 1. The van der Waals surface area contributed by atoms with Crippen molar-refractivity contribution < 1.29 is 23.7 Å². The van der Waals surface area contributed by atoms with Crippen LogP contribution in [0.1, 0.15) is 16.7 Å². The molecule has 1 amide bonds. The number of fused-ring (bicyclic) bond motifs is 1. The van der Waals surface area contributed by atoms with Gasteiger partial charge in [-0.25, -0.2) is 0 Å². The number of thiocarbonyl (C=S) groups is 1. The molecule has 2 aliphatic rings. The molecule has 0 aromatic heterocycles. The predicted octanol–water partition coefficient (Wildman–Crippen LogP) is 4.57. The molecule has 0 unspecified atom stereocenters. The number of rotatable bonds is 6. The molecule has 0 radical (unpaired) electrons. The first-order valence-corrected chi connectivity index (χ1v) is 11.1. The lowest BCUT2D eigenvalue weighted by molar-refractivity contribution is -0.113. The Labute approximate surface area is 202 Å². The number of nitrogens with zero attached hydrogens (tertiary/aromatic N) is 1. The Morgan fingerprint density at radius 1 is 1.09 bits per heavy atom. The second-order valence-electron chi connectivity index (χ2n) is 7.84. The summed E-state index contributed by atoms with van der Waals surface area (Å²) in [6.45, 7) is 2.46. The van der Waals surface area contributed by atoms with Crippen LogP contribution in [0.3, 0.4) is 0 Å². The number of hydrogen-bond donors (Lipinski definition) is 1. The summed E-state index contributed by atoms with van der Waals surface area (Å²) in [7, 11) is 1.61. The fourth-order valence-corrected chi connectivity index (χ4v) is 4.13.